The van der Waals surface area contributed by atoms with Gasteiger partial charge in [0.2, 0.25) is 0 Å². The minimum atomic E-state index is 0.0265. The maximum absolute atomic E-state index is 9.26. The number of fused-ring (bicyclic) bond motifs is 1. The number of aromatic nitrogens is 1. The normalized spacial score (nSPS) is 10.7. The van der Waals surface area contributed by atoms with Gasteiger partial charge in [-0.25, -0.2) is 0 Å². The molecule has 4 heteroatoms. The van der Waals surface area contributed by atoms with Gasteiger partial charge in [-0.05, 0) is 40.8 Å². The van der Waals surface area contributed by atoms with Crippen LogP contribution in [0.3, 0.4) is 0 Å². The molecule has 0 saturated carbocycles. The number of aliphatic hydroxyl groups excluding tert-OH is 1. The van der Waals surface area contributed by atoms with Crippen LogP contribution in [0.4, 0.5) is 0 Å². The molecule has 1 aromatic heterocycles. The van der Waals surface area contributed by atoms with E-state index in [4.69, 9.17) is 16.9 Å². The predicted octanol–water partition coefficient (Wildman–Crippen LogP) is 3.71. The third-order valence-corrected chi connectivity index (χ3v) is 3.90. The Kier molecular flexibility index (Phi) is 3.66. The van der Waals surface area contributed by atoms with Gasteiger partial charge >= 0.3 is 0 Å². The summed E-state index contributed by atoms with van der Waals surface area (Å²) in [6.45, 7) is 0.654. The molecule has 0 fully saturated rings. The van der Waals surface area contributed by atoms with Gasteiger partial charge in [0, 0.05) is 23.3 Å². The third-order valence-electron chi connectivity index (χ3n) is 3.54. The van der Waals surface area contributed by atoms with Crippen molar-refractivity contribution in [1.82, 2.24) is 4.57 Å². The van der Waals surface area contributed by atoms with Crippen LogP contribution in [0.25, 0.3) is 10.9 Å². The molecule has 0 aliphatic rings. The van der Waals surface area contributed by atoms with Crippen LogP contribution in [0.15, 0.2) is 48.7 Å². The first-order valence-electron chi connectivity index (χ1n) is 6.58. The van der Waals surface area contributed by atoms with Crippen molar-refractivity contribution in [2.24, 2.45) is 0 Å². The number of nitrogens with zero attached hydrogens (tertiary/aromatic N) is 2. The molecule has 3 nitrogen and oxygen atoms in total. The summed E-state index contributed by atoms with van der Waals surface area (Å²) in [6, 6.07) is 15.3. The number of hydrogen-bond donors (Lipinski definition) is 1. The lowest BCUT2D eigenvalue weighted by molar-refractivity contribution is 0.282. The first-order valence-corrected chi connectivity index (χ1v) is 6.96. The second-order valence-electron chi connectivity index (χ2n) is 4.91. The van der Waals surface area contributed by atoms with E-state index in [1.807, 2.05) is 36.5 Å². The molecule has 21 heavy (non-hydrogen) atoms. The van der Waals surface area contributed by atoms with E-state index in [2.05, 4.69) is 10.6 Å². The minimum Gasteiger partial charge on any atom is -0.392 e. The summed E-state index contributed by atoms with van der Waals surface area (Å²) in [5, 5.41) is 19.8. The van der Waals surface area contributed by atoms with Gasteiger partial charge in [-0.1, -0.05) is 29.8 Å². The van der Waals surface area contributed by atoms with Gasteiger partial charge in [-0.2, -0.15) is 5.26 Å². The van der Waals surface area contributed by atoms with Gasteiger partial charge in [0.15, 0.2) is 0 Å². The molecule has 0 spiro atoms. The summed E-state index contributed by atoms with van der Waals surface area (Å²) in [5.74, 6) is 0. The summed E-state index contributed by atoms with van der Waals surface area (Å²) < 4.78 is 2.09. The molecule has 0 radical (unpaired) electrons. The number of nitriles is 1. The summed E-state index contributed by atoms with van der Waals surface area (Å²) in [6.07, 6.45) is 2.00. The molecule has 0 unspecified atom stereocenters. The first-order chi connectivity index (χ1) is 10.2. The number of halogens is 1. The number of benzene rings is 2. The van der Waals surface area contributed by atoms with E-state index < -0.39 is 0 Å². The summed E-state index contributed by atoms with van der Waals surface area (Å²) >= 11 is 6.23. The van der Waals surface area contributed by atoms with Crippen molar-refractivity contribution in [1.29, 1.82) is 5.26 Å². The number of aliphatic hydroxyl groups is 1. The zero-order valence-corrected chi connectivity index (χ0v) is 12.0. The molecule has 0 aliphatic heterocycles. The van der Waals surface area contributed by atoms with Gasteiger partial charge in [0.1, 0.15) is 0 Å². The van der Waals surface area contributed by atoms with Crippen LogP contribution in [0.1, 0.15) is 16.7 Å². The minimum absolute atomic E-state index is 0.0265. The average Bonchev–Trinajstić information content (AvgIpc) is 2.91. The highest BCUT2D eigenvalue weighted by atomic mass is 35.5. The van der Waals surface area contributed by atoms with Crippen LogP contribution in [-0.2, 0) is 13.2 Å². The molecular weight excluding hydrogens is 284 g/mol. The highest BCUT2D eigenvalue weighted by Gasteiger charge is 2.06. The number of rotatable bonds is 3. The molecule has 0 bridgehead atoms. The van der Waals surface area contributed by atoms with E-state index >= 15 is 0 Å². The topological polar surface area (TPSA) is 49.0 Å². The van der Waals surface area contributed by atoms with Crippen LogP contribution in [0.5, 0.6) is 0 Å². The van der Waals surface area contributed by atoms with E-state index in [0.29, 0.717) is 17.1 Å². The Morgan fingerprint density at radius 2 is 2.00 bits per heavy atom. The maximum Gasteiger partial charge on any atom is 0.0992 e. The Morgan fingerprint density at radius 1 is 1.14 bits per heavy atom. The Balaban J connectivity index is 2.00. The number of hydrogen-bond acceptors (Lipinski definition) is 2. The van der Waals surface area contributed by atoms with Crippen molar-refractivity contribution in [2.45, 2.75) is 13.2 Å². The van der Waals surface area contributed by atoms with Crippen molar-refractivity contribution < 1.29 is 5.11 Å². The standard InChI is InChI=1S/C17H13ClN2O/c18-16-7-12(9-19)1-4-15(16)10-20-6-5-14-3-2-13(11-21)8-17(14)20/h1-8,21H,10-11H2. The van der Waals surface area contributed by atoms with Crippen LogP contribution in [0.2, 0.25) is 5.02 Å². The molecule has 3 rings (SSSR count). The smallest absolute Gasteiger partial charge is 0.0992 e. The Morgan fingerprint density at radius 3 is 2.71 bits per heavy atom. The van der Waals surface area contributed by atoms with Crippen LogP contribution < -0.4 is 0 Å². The van der Waals surface area contributed by atoms with Gasteiger partial charge < -0.3 is 9.67 Å². The molecule has 104 valence electrons. The van der Waals surface area contributed by atoms with E-state index in [1.54, 1.807) is 12.1 Å². The lowest BCUT2D eigenvalue weighted by Gasteiger charge is -2.08. The van der Waals surface area contributed by atoms with E-state index in [0.717, 1.165) is 22.0 Å². The SMILES string of the molecule is N#Cc1ccc(Cn2ccc3ccc(CO)cc32)c(Cl)c1. The third kappa shape index (κ3) is 2.64. The Hall–Kier alpha value is -2.28. The van der Waals surface area contributed by atoms with Crippen molar-refractivity contribution in [2.75, 3.05) is 0 Å². The second kappa shape index (κ2) is 5.61. The fourth-order valence-corrected chi connectivity index (χ4v) is 2.63. The Labute approximate surface area is 127 Å². The molecule has 2 aromatic carbocycles. The first kappa shape index (κ1) is 13.7. The summed E-state index contributed by atoms with van der Waals surface area (Å²) in [5.41, 5.74) is 3.46. The zero-order chi connectivity index (χ0) is 14.8. The predicted molar refractivity (Wildman–Crippen MR) is 83.1 cm³/mol. The van der Waals surface area contributed by atoms with Gasteiger partial charge in [-0.15, -0.1) is 0 Å². The lowest BCUT2D eigenvalue weighted by atomic mass is 10.1. The zero-order valence-electron chi connectivity index (χ0n) is 11.3. The summed E-state index contributed by atoms with van der Waals surface area (Å²) in [7, 11) is 0. The quantitative estimate of drug-likeness (QED) is 0.801. The van der Waals surface area contributed by atoms with Gasteiger partial charge in [0.25, 0.3) is 0 Å². The van der Waals surface area contributed by atoms with E-state index in [9.17, 15) is 5.11 Å². The van der Waals surface area contributed by atoms with Crippen molar-refractivity contribution >= 4 is 22.5 Å². The molecule has 0 saturated heterocycles. The van der Waals surface area contributed by atoms with Crippen molar-refractivity contribution in [3.63, 3.8) is 0 Å². The fourth-order valence-electron chi connectivity index (χ4n) is 2.39. The van der Waals surface area contributed by atoms with Crippen molar-refractivity contribution in [3.05, 3.63) is 70.4 Å². The van der Waals surface area contributed by atoms with E-state index in [-0.39, 0.29) is 6.61 Å². The summed E-state index contributed by atoms with van der Waals surface area (Å²) in [4.78, 5) is 0. The average molecular weight is 297 g/mol. The molecular formula is C17H13ClN2O. The van der Waals surface area contributed by atoms with Gasteiger partial charge in [0.05, 0.1) is 18.2 Å². The van der Waals surface area contributed by atoms with Crippen LogP contribution >= 0.6 is 11.6 Å². The van der Waals surface area contributed by atoms with Crippen molar-refractivity contribution in [3.8, 4) is 6.07 Å². The monoisotopic (exact) mass is 296 g/mol. The molecule has 1 N–H and O–H groups in total. The van der Waals surface area contributed by atoms with E-state index in [1.165, 1.54) is 0 Å². The molecule has 0 amide bonds. The lowest BCUT2D eigenvalue weighted by Crippen LogP contribution is -1.99. The van der Waals surface area contributed by atoms with Gasteiger partial charge in [-0.3, -0.25) is 0 Å². The largest absolute Gasteiger partial charge is 0.392 e. The highest BCUT2D eigenvalue weighted by Crippen LogP contribution is 2.23. The second-order valence-corrected chi connectivity index (χ2v) is 5.32. The molecule has 1 heterocycles. The van der Waals surface area contributed by atoms with Crippen LogP contribution in [0, 0.1) is 11.3 Å². The Bertz CT molecular complexity index is 846. The van der Waals surface area contributed by atoms with Crippen LogP contribution in [-0.4, -0.2) is 9.67 Å². The molecule has 0 aliphatic carbocycles. The molecule has 0 atom stereocenters. The fraction of sp³-hybridized carbons (Fsp3) is 0.118. The maximum atomic E-state index is 9.26. The highest BCUT2D eigenvalue weighted by molar-refractivity contribution is 6.31. The molecule has 3 aromatic rings.